The zero-order valence-corrected chi connectivity index (χ0v) is 13.4. The molecule has 108 valence electrons. The molecule has 6 heteroatoms. The van der Waals surface area contributed by atoms with Crippen molar-refractivity contribution >= 4 is 44.1 Å². The summed E-state index contributed by atoms with van der Waals surface area (Å²) in [6.45, 7) is 1.90. The molecule has 0 amide bonds. The first-order valence-electron chi connectivity index (χ1n) is 6.18. The first kappa shape index (κ1) is 14.4. The third kappa shape index (κ3) is 2.33. The molecule has 3 rings (SSSR count). The average molecular weight is 340 g/mol. The summed E-state index contributed by atoms with van der Waals surface area (Å²) >= 11 is 12.2. The maximum Gasteiger partial charge on any atom is 0.268 e. The van der Waals surface area contributed by atoms with Gasteiger partial charge >= 0.3 is 0 Å². The molecule has 3 aromatic rings. The molecule has 0 fully saturated rings. The second-order valence-corrected chi connectivity index (χ2v) is 7.35. The second kappa shape index (κ2) is 5.05. The lowest BCUT2D eigenvalue weighted by Crippen LogP contribution is -2.11. The summed E-state index contributed by atoms with van der Waals surface area (Å²) in [6.07, 6.45) is 1.38. The predicted molar refractivity (Wildman–Crippen MR) is 85.7 cm³/mol. The van der Waals surface area contributed by atoms with Crippen LogP contribution < -0.4 is 0 Å². The van der Waals surface area contributed by atoms with Crippen LogP contribution in [0.25, 0.3) is 10.9 Å². The van der Waals surface area contributed by atoms with Crippen molar-refractivity contribution in [1.29, 1.82) is 0 Å². The van der Waals surface area contributed by atoms with Crippen LogP contribution in [0.4, 0.5) is 0 Å². The average Bonchev–Trinajstić information content (AvgIpc) is 2.79. The van der Waals surface area contributed by atoms with Gasteiger partial charge in [0, 0.05) is 11.6 Å². The minimum absolute atomic E-state index is 0.210. The van der Waals surface area contributed by atoms with E-state index >= 15 is 0 Å². The van der Waals surface area contributed by atoms with Crippen molar-refractivity contribution in [3.8, 4) is 0 Å². The normalized spacial score (nSPS) is 12.0. The highest BCUT2D eigenvalue weighted by atomic mass is 35.5. The van der Waals surface area contributed by atoms with Crippen LogP contribution in [-0.2, 0) is 10.0 Å². The van der Waals surface area contributed by atoms with Crippen LogP contribution in [0.2, 0.25) is 10.0 Å². The first-order valence-corrected chi connectivity index (χ1v) is 8.38. The Morgan fingerprint density at radius 1 is 0.952 bits per heavy atom. The maximum atomic E-state index is 12.7. The lowest BCUT2D eigenvalue weighted by Gasteiger charge is -2.08. The topological polar surface area (TPSA) is 39.1 Å². The van der Waals surface area contributed by atoms with Crippen molar-refractivity contribution in [1.82, 2.24) is 3.97 Å². The molecule has 0 saturated heterocycles. The Bertz CT molecular complexity index is 928. The molecule has 0 saturated carbocycles. The van der Waals surface area contributed by atoms with E-state index in [1.54, 1.807) is 42.5 Å². The van der Waals surface area contributed by atoms with Gasteiger partial charge in [0.2, 0.25) is 0 Å². The lowest BCUT2D eigenvalue weighted by atomic mass is 10.2. The number of fused-ring (bicyclic) bond motifs is 1. The maximum absolute atomic E-state index is 12.7. The second-order valence-electron chi connectivity index (χ2n) is 4.72. The van der Waals surface area contributed by atoms with Crippen molar-refractivity contribution in [3.63, 3.8) is 0 Å². The zero-order chi connectivity index (χ0) is 15.2. The van der Waals surface area contributed by atoms with E-state index in [0.717, 1.165) is 5.56 Å². The molecule has 0 bridgehead atoms. The molecule has 1 aromatic heterocycles. The monoisotopic (exact) mass is 339 g/mol. The number of aryl methyl sites for hydroxylation is 1. The molecule has 0 aliphatic rings. The summed E-state index contributed by atoms with van der Waals surface area (Å²) in [4.78, 5) is 0.210. The number of hydrogen-bond donors (Lipinski definition) is 0. The van der Waals surface area contributed by atoms with Gasteiger partial charge in [-0.15, -0.1) is 0 Å². The van der Waals surface area contributed by atoms with Gasteiger partial charge in [-0.2, -0.15) is 0 Å². The number of rotatable bonds is 2. The summed E-state index contributed by atoms with van der Waals surface area (Å²) < 4.78 is 26.7. The Balaban J connectivity index is 2.29. The molecule has 21 heavy (non-hydrogen) atoms. The highest BCUT2D eigenvalue weighted by Crippen LogP contribution is 2.34. The van der Waals surface area contributed by atoms with E-state index in [1.807, 2.05) is 6.92 Å². The molecule has 0 N–H and O–H groups in total. The van der Waals surface area contributed by atoms with Crippen LogP contribution in [0.1, 0.15) is 5.56 Å². The fourth-order valence-electron chi connectivity index (χ4n) is 2.19. The summed E-state index contributed by atoms with van der Waals surface area (Å²) in [5.41, 5.74) is 1.46. The van der Waals surface area contributed by atoms with E-state index in [1.165, 1.54) is 10.2 Å². The Morgan fingerprint density at radius 3 is 2.29 bits per heavy atom. The highest BCUT2D eigenvalue weighted by molar-refractivity contribution is 7.90. The number of benzene rings is 2. The molecule has 0 aliphatic carbocycles. The quantitative estimate of drug-likeness (QED) is 0.689. The van der Waals surface area contributed by atoms with E-state index in [9.17, 15) is 8.42 Å². The van der Waals surface area contributed by atoms with E-state index in [0.29, 0.717) is 20.9 Å². The Kier molecular flexibility index (Phi) is 3.48. The molecule has 0 aliphatic heterocycles. The fourth-order valence-corrected chi connectivity index (χ4v) is 4.23. The smallest absolute Gasteiger partial charge is 0.240 e. The molecule has 1 heterocycles. The van der Waals surface area contributed by atoms with Crippen LogP contribution in [0.3, 0.4) is 0 Å². The minimum Gasteiger partial charge on any atom is -0.240 e. The van der Waals surface area contributed by atoms with Gasteiger partial charge < -0.3 is 0 Å². The molecule has 3 nitrogen and oxygen atoms in total. The van der Waals surface area contributed by atoms with Gasteiger partial charge in [0.1, 0.15) is 0 Å². The van der Waals surface area contributed by atoms with Crippen LogP contribution in [0.15, 0.2) is 53.6 Å². The van der Waals surface area contributed by atoms with E-state index in [-0.39, 0.29) is 4.90 Å². The highest BCUT2D eigenvalue weighted by Gasteiger charge is 2.21. The van der Waals surface area contributed by atoms with E-state index in [4.69, 9.17) is 23.2 Å². The van der Waals surface area contributed by atoms with Gasteiger partial charge in [-0.25, -0.2) is 12.4 Å². The first-order chi connectivity index (χ1) is 9.91. The Morgan fingerprint density at radius 2 is 1.62 bits per heavy atom. The van der Waals surface area contributed by atoms with Crippen molar-refractivity contribution in [2.24, 2.45) is 0 Å². The van der Waals surface area contributed by atoms with Gasteiger partial charge in [-0.05, 0) is 31.2 Å². The summed E-state index contributed by atoms with van der Waals surface area (Å²) in [7, 11) is -3.70. The number of nitrogens with zero attached hydrogens (tertiary/aromatic N) is 1. The minimum atomic E-state index is -3.70. The molecule has 0 spiro atoms. The Hall–Kier alpha value is -1.49. The number of aromatic nitrogens is 1. The lowest BCUT2D eigenvalue weighted by molar-refractivity contribution is 0.589. The van der Waals surface area contributed by atoms with Crippen LogP contribution in [0.5, 0.6) is 0 Å². The van der Waals surface area contributed by atoms with Gasteiger partial charge in [0.05, 0.1) is 20.5 Å². The third-order valence-corrected chi connectivity index (χ3v) is 5.57. The fraction of sp³-hybridized carbons (Fsp3) is 0.0667. The molecular weight excluding hydrogens is 329 g/mol. The standard InChI is InChI=1S/C15H11Cl2NO2S/c1-10-5-7-11(8-6-10)21(19,20)18-9-13(17)15-12(16)3-2-4-14(15)18/h2-9H,1H3. The predicted octanol–water partition coefficient (Wildman–Crippen LogP) is 4.49. The molecule has 0 atom stereocenters. The van der Waals surface area contributed by atoms with Crippen LogP contribution in [-0.4, -0.2) is 12.4 Å². The number of halogens is 2. The van der Waals surface area contributed by atoms with Gasteiger partial charge in [0.15, 0.2) is 0 Å². The molecule has 0 radical (unpaired) electrons. The van der Waals surface area contributed by atoms with Crippen molar-refractivity contribution in [3.05, 3.63) is 64.3 Å². The van der Waals surface area contributed by atoms with Gasteiger partial charge in [0.25, 0.3) is 10.0 Å². The largest absolute Gasteiger partial charge is 0.268 e. The molecular formula is C15H11Cl2NO2S. The van der Waals surface area contributed by atoms with Crippen molar-refractivity contribution in [2.75, 3.05) is 0 Å². The van der Waals surface area contributed by atoms with Gasteiger partial charge in [-0.1, -0.05) is 47.0 Å². The van der Waals surface area contributed by atoms with Crippen molar-refractivity contribution < 1.29 is 8.42 Å². The number of hydrogen-bond acceptors (Lipinski definition) is 2. The SMILES string of the molecule is Cc1ccc(S(=O)(=O)n2cc(Cl)c3c(Cl)cccc32)cc1. The summed E-state index contributed by atoms with van der Waals surface area (Å²) in [5, 5.41) is 1.28. The van der Waals surface area contributed by atoms with Crippen LogP contribution in [0, 0.1) is 6.92 Å². The van der Waals surface area contributed by atoms with Crippen molar-refractivity contribution in [2.45, 2.75) is 11.8 Å². The van der Waals surface area contributed by atoms with E-state index < -0.39 is 10.0 Å². The summed E-state index contributed by atoms with van der Waals surface area (Å²) in [5.74, 6) is 0. The third-order valence-electron chi connectivity index (χ3n) is 3.28. The molecule has 2 aromatic carbocycles. The molecule has 0 unspecified atom stereocenters. The van der Waals surface area contributed by atoms with E-state index in [2.05, 4.69) is 0 Å². The zero-order valence-electron chi connectivity index (χ0n) is 11.0. The van der Waals surface area contributed by atoms with Crippen LogP contribution >= 0.6 is 23.2 Å². The summed E-state index contributed by atoms with van der Waals surface area (Å²) in [6, 6.07) is 11.7. The Labute approximate surface area is 132 Å². The van der Waals surface area contributed by atoms with Gasteiger partial charge in [-0.3, -0.25) is 0 Å².